The Morgan fingerprint density at radius 2 is 2.09 bits per heavy atom. The minimum absolute atomic E-state index is 0.0344. The van der Waals surface area contributed by atoms with Gasteiger partial charge in [0, 0.05) is 44.6 Å². The van der Waals surface area contributed by atoms with Crippen LogP contribution in [0.3, 0.4) is 0 Å². The Bertz CT molecular complexity index is 1090. The highest BCUT2D eigenvalue weighted by atomic mass is 127. The number of amides is 1. The maximum atomic E-state index is 13.3. The molecule has 11 heteroatoms. The standard InChI is InChI=1S/C21H32IN5O4Si/c1-24(21(29)30)16-10-13-6-7-15(16)27(13)20-23-18-17(19(28)25(20)2)14(22)11-26(18)12-31-8-9-32(3,4)5/h11,13,15-16H,6-10,12H2,1-5H3,(H,29,30)/t13-,15+,16+/m1/s1. The molecule has 0 radical (unpaired) electrons. The summed E-state index contributed by atoms with van der Waals surface area (Å²) in [6.07, 6.45) is 3.66. The molecule has 2 fully saturated rings. The van der Waals surface area contributed by atoms with Crippen LogP contribution in [0.25, 0.3) is 11.0 Å². The van der Waals surface area contributed by atoms with E-state index in [9.17, 15) is 14.7 Å². The number of carboxylic acid groups (broad SMARTS) is 1. The predicted octanol–water partition coefficient (Wildman–Crippen LogP) is 3.37. The van der Waals surface area contributed by atoms with Gasteiger partial charge in [-0.05, 0) is 47.9 Å². The summed E-state index contributed by atoms with van der Waals surface area (Å²) in [6, 6.07) is 1.22. The van der Waals surface area contributed by atoms with Gasteiger partial charge in [0.2, 0.25) is 5.95 Å². The number of fused-ring (bicyclic) bond motifs is 3. The highest BCUT2D eigenvalue weighted by Gasteiger charge is 2.50. The summed E-state index contributed by atoms with van der Waals surface area (Å²) in [5, 5.41) is 10.1. The molecule has 2 aliphatic heterocycles. The van der Waals surface area contributed by atoms with Crippen molar-refractivity contribution >= 4 is 53.7 Å². The quantitative estimate of drug-likeness (QED) is 0.310. The molecule has 2 bridgehead atoms. The molecule has 2 aliphatic rings. The molecule has 2 aromatic rings. The van der Waals surface area contributed by atoms with Gasteiger partial charge in [-0.1, -0.05) is 19.6 Å². The first-order valence-corrected chi connectivity index (χ1v) is 15.9. The second-order valence-corrected chi connectivity index (χ2v) is 17.0. The Kier molecular flexibility index (Phi) is 6.35. The Hall–Kier alpha value is -1.60. The van der Waals surface area contributed by atoms with Gasteiger partial charge in [0.15, 0.2) is 5.65 Å². The Labute approximate surface area is 202 Å². The fraction of sp³-hybridized carbons (Fsp3) is 0.667. The summed E-state index contributed by atoms with van der Waals surface area (Å²) in [5.41, 5.74) is 0.555. The summed E-state index contributed by atoms with van der Waals surface area (Å²) in [5.74, 6) is 0.620. The molecule has 0 unspecified atom stereocenters. The average molecular weight is 574 g/mol. The van der Waals surface area contributed by atoms with Gasteiger partial charge in [-0.15, -0.1) is 0 Å². The first-order valence-electron chi connectivity index (χ1n) is 11.1. The summed E-state index contributed by atoms with van der Waals surface area (Å²) < 4.78 is 10.3. The molecule has 0 saturated carbocycles. The van der Waals surface area contributed by atoms with Crippen LogP contribution in [0.15, 0.2) is 11.0 Å². The van der Waals surface area contributed by atoms with Crippen LogP contribution in [0.2, 0.25) is 25.7 Å². The van der Waals surface area contributed by atoms with Gasteiger partial charge in [-0.3, -0.25) is 9.36 Å². The van der Waals surface area contributed by atoms with Crippen molar-refractivity contribution in [3.8, 4) is 0 Å². The van der Waals surface area contributed by atoms with Crippen LogP contribution >= 0.6 is 22.6 Å². The predicted molar refractivity (Wildman–Crippen MR) is 135 cm³/mol. The van der Waals surface area contributed by atoms with E-state index >= 15 is 0 Å². The fourth-order valence-corrected chi connectivity index (χ4v) is 6.52. The second kappa shape index (κ2) is 8.63. The maximum absolute atomic E-state index is 13.3. The van der Waals surface area contributed by atoms with E-state index in [0.717, 1.165) is 28.9 Å². The minimum Gasteiger partial charge on any atom is -0.465 e. The number of ether oxygens (including phenoxy) is 1. The minimum atomic E-state index is -1.18. The molecule has 2 aromatic heterocycles. The Morgan fingerprint density at radius 1 is 1.38 bits per heavy atom. The van der Waals surface area contributed by atoms with Crippen LogP contribution in [0.1, 0.15) is 19.3 Å². The van der Waals surface area contributed by atoms with Crippen LogP contribution in [-0.2, 0) is 18.5 Å². The topological polar surface area (TPSA) is 92.8 Å². The highest BCUT2D eigenvalue weighted by molar-refractivity contribution is 14.1. The summed E-state index contributed by atoms with van der Waals surface area (Å²) in [6.45, 7) is 8.02. The van der Waals surface area contributed by atoms with Crippen molar-refractivity contribution in [3.63, 3.8) is 0 Å². The largest absolute Gasteiger partial charge is 0.465 e. The van der Waals surface area contributed by atoms with Gasteiger partial charge >= 0.3 is 6.09 Å². The molecule has 1 amide bonds. The number of rotatable bonds is 7. The zero-order valence-corrected chi connectivity index (χ0v) is 22.5. The number of nitrogens with zero attached hydrogens (tertiary/aromatic N) is 5. The zero-order valence-electron chi connectivity index (χ0n) is 19.3. The summed E-state index contributed by atoms with van der Waals surface area (Å²) >= 11 is 2.19. The van der Waals surface area contributed by atoms with Crippen molar-refractivity contribution in [3.05, 3.63) is 20.1 Å². The molecular formula is C21H32IN5O4Si. The molecule has 2 saturated heterocycles. The SMILES string of the molecule is CN(C(=O)O)[C@H]1C[C@H]2CC[C@@H]1N2c1nc2c(c(I)cn2COCC[Si](C)(C)C)c(=O)n1C. The van der Waals surface area contributed by atoms with Crippen molar-refractivity contribution in [1.29, 1.82) is 0 Å². The Balaban J connectivity index is 1.67. The third-order valence-electron chi connectivity index (χ3n) is 6.79. The Morgan fingerprint density at radius 3 is 2.75 bits per heavy atom. The maximum Gasteiger partial charge on any atom is 0.407 e. The lowest BCUT2D eigenvalue weighted by molar-refractivity contribution is 0.0898. The summed E-state index contributed by atoms with van der Waals surface area (Å²) in [4.78, 5) is 33.4. The van der Waals surface area contributed by atoms with Crippen LogP contribution in [-0.4, -0.2) is 70.1 Å². The van der Waals surface area contributed by atoms with E-state index in [1.807, 2.05) is 10.8 Å². The van der Waals surface area contributed by atoms with E-state index in [4.69, 9.17) is 9.72 Å². The lowest BCUT2D eigenvalue weighted by Gasteiger charge is -2.30. The first kappa shape index (κ1) is 23.6. The molecule has 0 aromatic carbocycles. The molecular weight excluding hydrogens is 541 g/mol. The van der Waals surface area contributed by atoms with E-state index in [2.05, 4.69) is 47.1 Å². The first-order chi connectivity index (χ1) is 15.0. The van der Waals surface area contributed by atoms with Crippen LogP contribution in [0.4, 0.5) is 10.7 Å². The van der Waals surface area contributed by atoms with E-state index in [1.165, 1.54) is 4.90 Å². The number of halogens is 1. The van der Waals surface area contributed by atoms with E-state index in [1.54, 1.807) is 18.7 Å². The third kappa shape index (κ3) is 4.18. The van der Waals surface area contributed by atoms with Gasteiger partial charge in [0.1, 0.15) is 6.73 Å². The molecule has 1 N–H and O–H groups in total. The molecule has 9 nitrogen and oxygen atoms in total. The molecule has 176 valence electrons. The monoisotopic (exact) mass is 573 g/mol. The van der Waals surface area contributed by atoms with Crippen LogP contribution in [0, 0.1) is 3.57 Å². The van der Waals surface area contributed by atoms with Gasteiger partial charge in [-0.25, -0.2) is 4.79 Å². The normalized spacial score (nSPS) is 22.8. The van der Waals surface area contributed by atoms with Crippen molar-refractivity contribution in [1.82, 2.24) is 19.0 Å². The second-order valence-electron chi connectivity index (χ2n) is 10.2. The number of carbonyl (C=O) groups is 1. The highest BCUT2D eigenvalue weighted by Crippen LogP contribution is 2.42. The average Bonchev–Trinajstić information content (AvgIpc) is 3.37. The molecule has 0 spiro atoms. The van der Waals surface area contributed by atoms with E-state index in [0.29, 0.717) is 30.3 Å². The van der Waals surface area contributed by atoms with Gasteiger partial charge in [-0.2, -0.15) is 4.98 Å². The fourth-order valence-electron chi connectivity index (χ4n) is 4.96. The van der Waals surface area contributed by atoms with E-state index in [-0.39, 0.29) is 23.7 Å². The third-order valence-corrected chi connectivity index (χ3v) is 9.31. The number of aromatic nitrogens is 3. The van der Waals surface area contributed by atoms with E-state index < -0.39 is 14.2 Å². The van der Waals surface area contributed by atoms with Gasteiger partial charge < -0.3 is 24.2 Å². The van der Waals surface area contributed by atoms with Gasteiger partial charge in [0.25, 0.3) is 5.56 Å². The van der Waals surface area contributed by atoms with Crippen LogP contribution < -0.4 is 10.5 Å². The molecule has 4 heterocycles. The number of hydrogen-bond acceptors (Lipinski definition) is 5. The molecule has 0 aliphatic carbocycles. The zero-order chi connectivity index (χ0) is 23.4. The van der Waals surface area contributed by atoms with Crippen molar-refractivity contribution in [2.45, 2.75) is 69.8 Å². The molecule has 32 heavy (non-hydrogen) atoms. The number of anilines is 1. The molecule has 3 atom stereocenters. The smallest absolute Gasteiger partial charge is 0.407 e. The lowest BCUT2D eigenvalue weighted by Crippen LogP contribution is -2.45. The number of hydrogen-bond donors (Lipinski definition) is 1. The lowest BCUT2D eigenvalue weighted by atomic mass is 9.95. The van der Waals surface area contributed by atoms with Crippen molar-refractivity contribution in [2.75, 3.05) is 18.6 Å². The van der Waals surface area contributed by atoms with Gasteiger partial charge in [0.05, 0.1) is 17.5 Å². The van der Waals surface area contributed by atoms with Crippen molar-refractivity contribution < 1.29 is 14.6 Å². The van der Waals surface area contributed by atoms with Crippen LogP contribution in [0.5, 0.6) is 0 Å². The molecule has 4 rings (SSSR count). The van der Waals surface area contributed by atoms with Crippen molar-refractivity contribution in [2.24, 2.45) is 7.05 Å². The summed E-state index contributed by atoms with van der Waals surface area (Å²) in [7, 11) is 2.21. The number of likely N-dealkylation sites (N-methyl/N-ethyl adjacent to an activating group) is 1.